The highest BCUT2D eigenvalue weighted by molar-refractivity contribution is 5.80. The molecular weight excluding hydrogens is 378 g/mol. The zero-order chi connectivity index (χ0) is 20.9. The van der Waals surface area contributed by atoms with Crippen molar-refractivity contribution in [2.75, 3.05) is 0 Å². The van der Waals surface area contributed by atoms with E-state index in [0.29, 0.717) is 11.5 Å². The molecule has 2 aromatic heterocycles. The Morgan fingerprint density at radius 1 is 0.900 bits per heavy atom. The molecule has 0 aliphatic carbocycles. The maximum atomic E-state index is 13.1. The van der Waals surface area contributed by atoms with Crippen LogP contribution in [0.3, 0.4) is 0 Å². The van der Waals surface area contributed by atoms with Gasteiger partial charge in [-0.1, -0.05) is 60.7 Å². The number of aromatic nitrogens is 2. The molecule has 0 spiro atoms. The largest absolute Gasteiger partial charge is 0.463 e. The third kappa shape index (κ3) is 4.07. The predicted molar refractivity (Wildman–Crippen MR) is 114 cm³/mol. The summed E-state index contributed by atoms with van der Waals surface area (Å²) in [5.74, 6) is 0.224. The minimum Gasteiger partial charge on any atom is -0.463 e. The van der Waals surface area contributed by atoms with Crippen molar-refractivity contribution < 1.29 is 9.21 Å². The Balaban J connectivity index is 1.63. The Morgan fingerprint density at radius 2 is 1.53 bits per heavy atom. The minimum atomic E-state index is -0.803. The van der Waals surface area contributed by atoms with E-state index in [1.165, 1.54) is 17.0 Å². The average Bonchev–Trinajstić information content (AvgIpc) is 3.33. The lowest BCUT2D eigenvalue weighted by atomic mass is 9.98. The second kappa shape index (κ2) is 8.61. The van der Waals surface area contributed by atoms with Crippen molar-refractivity contribution in [2.45, 2.75) is 19.0 Å². The third-order valence-electron chi connectivity index (χ3n) is 4.90. The number of furan rings is 1. The van der Waals surface area contributed by atoms with E-state index in [9.17, 15) is 9.59 Å². The van der Waals surface area contributed by atoms with Gasteiger partial charge in [0.25, 0.3) is 5.56 Å². The number of hydrogen-bond donors (Lipinski definition) is 1. The van der Waals surface area contributed by atoms with Gasteiger partial charge in [-0.25, -0.2) is 4.68 Å². The molecule has 30 heavy (non-hydrogen) atoms. The summed E-state index contributed by atoms with van der Waals surface area (Å²) >= 11 is 0. The van der Waals surface area contributed by atoms with Gasteiger partial charge in [0.2, 0.25) is 5.91 Å². The fourth-order valence-electron chi connectivity index (χ4n) is 3.28. The first-order valence-corrected chi connectivity index (χ1v) is 9.67. The van der Waals surface area contributed by atoms with E-state index in [2.05, 4.69) is 10.4 Å². The summed E-state index contributed by atoms with van der Waals surface area (Å²) in [6, 6.07) is 24.8. The average molecular weight is 399 g/mol. The van der Waals surface area contributed by atoms with E-state index in [-0.39, 0.29) is 17.5 Å². The van der Waals surface area contributed by atoms with E-state index < -0.39 is 6.04 Å². The van der Waals surface area contributed by atoms with E-state index in [0.717, 1.165) is 11.1 Å². The first-order chi connectivity index (χ1) is 14.6. The molecule has 0 saturated carbocycles. The maximum absolute atomic E-state index is 13.1. The van der Waals surface area contributed by atoms with Crippen LogP contribution in [0.25, 0.3) is 11.5 Å². The molecule has 150 valence electrons. The molecule has 2 heterocycles. The number of amides is 1. The fraction of sp³-hybridized carbons (Fsp3) is 0.125. The summed E-state index contributed by atoms with van der Waals surface area (Å²) in [7, 11) is 0. The first kappa shape index (κ1) is 19.4. The van der Waals surface area contributed by atoms with Gasteiger partial charge in [0, 0.05) is 6.07 Å². The van der Waals surface area contributed by atoms with Crippen LogP contribution < -0.4 is 10.9 Å². The summed E-state index contributed by atoms with van der Waals surface area (Å²) in [4.78, 5) is 25.5. The molecule has 6 nitrogen and oxygen atoms in total. The number of rotatable bonds is 6. The van der Waals surface area contributed by atoms with Gasteiger partial charge in [-0.2, -0.15) is 5.10 Å². The van der Waals surface area contributed by atoms with Gasteiger partial charge in [0.15, 0.2) is 5.76 Å². The maximum Gasteiger partial charge on any atom is 0.267 e. The van der Waals surface area contributed by atoms with Crippen LogP contribution in [-0.4, -0.2) is 15.7 Å². The molecule has 0 radical (unpaired) electrons. The van der Waals surface area contributed by atoms with Crippen LogP contribution >= 0.6 is 0 Å². The van der Waals surface area contributed by atoms with Crippen LogP contribution in [0.2, 0.25) is 0 Å². The molecule has 0 aliphatic rings. The Bertz CT molecular complexity index is 1130. The number of nitrogens with one attached hydrogen (secondary N) is 1. The van der Waals surface area contributed by atoms with Gasteiger partial charge in [-0.15, -0.1) is 0 Å². The highest BCUT2D eigenvalue weighted by Crippen LogP contribution is 2.23. The Kier molecular flexibility index (Phi) is 5.57. The molecular formula is C24H21N3O3. The third-order valence-corrected chi connectivity index (χ3v) is 4.90. The van der Waals surface area contributed by atoms with Crippen molar-refractivity contribution in [2.24, 2.45) is 0 Å². The highest BCUT2D eigenvalue weighted by Gasteiger charge is 2.23. The fourth-order valence-corrected chi connectivity index (χ4v) is 3.28. The standard InChI is InChI=1S/C24H21N3O3/c1-17(27-22(28)15-14-20(26-27)21-13-8-16-30-21)24(29)25-23(18-9-4-2-5-10-18)19-11-6-3-7-12-19/h2-17,23H,1H3,(H,25,29). The molecule has 2 aromatic carbocycles. The van der Waals surface area contributed by atoms with Crippen molar-refractivity contribution in [3.05, 3.63) is 113 Å². The van der Waals surface area contributed by atoms with Gasteiger partial charge < -0.3 is 9.73 Å². The molecule has 0 bridgehead atoms. The second-order valence-electron chi connectivity index (χ2n) is 6.92. The summed E-state index contributed by atoms with van der Waals surface area (Å²) < 4.78 is 6.54. The summed E-state index contributed by atoms with van der Waals surface area (Å²) in [5, 5.41) is 7.41. The zero-order valence-corrected chi connectivity index (χ0v) is 16.4. The lowest BCUT2D eigenvalue weighted by molar-refractivity contribution is -0.124. The second-order valence-corrected chi connectivity index (χ2v) is 6.92. The van der Waals surface area contributed by atoms with Crippen molar-refractivity contribution in [1.29, 1.82) is 0 Å². The lowest BCUT2D eigenvalue weighted by Gasteiger charge is -2.22. The number of carbonyl (C=O) groups is 1. The molecule has 1 amide bonds. The smallest absolute Gasteiger partial charge is 0.267 e. The van der Waals surface area contributed by atoms with Gasteiger partial charge in [0.1, 0.15) is 11.7 Å². The Labute approximate surface area is 173 Å². The molecule has 0 fully saturated rings. The van der Waals surface area contributed by atoms with Gasteiger partial charge in [-0.3, -0.25) is 9.59 Å². The van der Waals surface area contributed by atoms with Crippen LogP contribution in [0, 0.1) is 0 Å². The van der Waals surface area contributed by atoms with Crippen LogP contribution in [0.5, 0.6) is 0 Å². The molecule has 0 aliphatic heterocycles. The van der Waals surface area contributed by atoms with Crippen LogP contribution in [0.1, 0.15) is 30.1 Å². The minimum absolute atomic E-state index is 0.307. The molecule has 6 heteroatoms. The highest BCUT2D eigenvalue weighted by atomic mass is 16.3. The molecule has 1 atom stereocenters. The number of nitrogens with zero attached hydrogens (tertiary/aromatic N) is 2. The lowest BCUT2D eigenvalue weighted by Crippen LogP contribution is -2.39. The van der Waals surface area contributed by atoms with Crippen molar-refractivity contribution in [3.8, 4) is 11.5 Å². The zero-order valence-electron chi connectivity index (χ0n) is 16.4. The molecule has 1 unspecified atom stereocenters. The topological polar surface area (TPSA) is 77.1 Å². The van der Waals surface area contributed by atoms with Crippen molar-refractivity contribution in [1.82, 2.24) is 15.1 Å². The summed E-state index contributed by atoms with van der Waals surface area (Å²) in [5.41, 5.74) is 2.04. The number of carbonyl (C=O) groups excluding carboxylic acids is 1. The van der Waals surface area contributed by atoms with Crippen LogP contribution in [0.15, 0.2) is 100 Å². The summed E-state index contributed by atoms with van der Waals surface area (Å²) in [6.07, 6.45) is 1.53. The van der Waals surface area contributed by atoms with E-state index in [4.69, 9.17) is 4.42 Å². The van der Waals surface area contributed by atoms with Gasteiger partial charge >= 0.3 is 0 Å². The molecule has 4 aromatic rings. The van der Waals surface area contributed by atoms with Gasteiger partial charge in [0.05, 0.1) is 12.3 Å². The van der Waals surface area contributed by atoms with Crippen LogP contribution in [-0.2, 0) is 4.79 Å². The first-order valence-electron chi connectivity index (χ1n) is 9.67. The van der Waals surface area contributed by atoms with E-state index >= 15 is 0 Å². The number of hydrogen-bond acceptors (Lipinski definition) is 4. The SMILES string of the molecule is CC(C(=O)NC(c1ccccc1)c1ccccc1)n1nc(-c2ccco2)ccc1=O. The Hall–Kier alpha value is -3.93. The number of benzene rings is 2. The Morgan fingerprint density at radius 3 is 2.10 bits per heavy atom. The van der Waals surface area contributed by atoms with Gasteiger partial charge in [-0.05, 0) is 36.2 Å². The van der Waals surface area contributed by atoms with Crippen molar-refractivity contribution in [3.63, 3.8) is 0 Å². The van der Waals surface area contributed by atoms with E-state index in [1.807, 2.05) is 60.7 Å². The molecule has 4 rings (SSSR count). The van der Waals surface area contributed by atoms with E-state index in [1.54, 1.807) is 25.1 Å². The normalized spacial score (nSPS) is 11.9. The summed E-state index contributed by atoms with van der Waals surface area (Å²) in [6.45, 7) is 1.66. The van der Waals surface area contributed by atoms with Crippen molar-refractivity contribution >= 4 is 5.91 Å². The van der Waals surface area contributed by atoms with Crippen LogP contribution in [0.4, 0.5) is 0 Å². The predicted octanol–water partition coefficient (Wildman–Crippen LogP) is 3.97. The molecule has 0 saturated heterocycles. The monoisotopic (exact) mass is 399 g/mol. The molecule has 1 N–H and O–H groups in total. The quantitative estimate of drug-likeness (QED) is 0.532.